The Morgan fingerprint density at radius 3 is 2.72 bits per heavy atom. The maximum absolute atomic E-state index is 13.1. The number of methoxy groups -OCH3 is 1. The molecule has 1 aromatic heterocycles. The third-order valence-corrected chi connectivity index (χ3v) is 6.18. The van der Waals surface area contributed by atoms with E-state index in [1.54, 1.807) is 29.0 Å². The van der Waals surface area contributed by atoms with Crippen molar-refractivity contribution in [3.8, 4) is 5.75 Å². The predicted molar refractivity (Wildman–Crippen MR) is 109 cm³/mol. The number of carbonyl (C=O) groups excluding carboxylic acids is 3. The van der Waals surface area contributed by atoms with E-state index in [9.17, 15) is 14.4 Å². The van der Waals surface area contributed by atoms with Gasteiger partial charge in [-0.05, 0) is 24.3 Å². The first-order valence-electron chi connectivity index (χ1n) is 9.44. The van der Waals surface area contributed by atoms with Gasteiger partial charge in [0.25, 0.3) is 0 Å². The van der Waals surface area contributed by atoms with Crippen molar-refractivity contribution >= 4 is 39.9 Å². The van der Waals surface area contributed by atoms with Crippen molar-refractivity contribution < 1.29 is 19.1 Å². The monoisotopic (exact) mass is 414 g/mol. The van der Waals surface area contributed by atoms with E-state index >= 15 is 0 Å². The number of rotatable bonds is 4. The van der Waals surface area contributed by atoms with Gasteiger partial charge in [-0.3, -0.25) is 14.4 Å². The van der Waals surface area contributed by atoms with Crippen LogP contribution in [0.3, 0.4) is 0 Å². The van der Waals surface area contributed by atoms with Crippen molar-refractivity contribution in [1.29, 1.82) is 0 Å². The Morgan fingerprint density at radius 1 is 1.28 bits per heavy atom. The zero-order valence-electron chi connectivity index (χ0n) is 16.3. The lowest BCUT2D eigenvalue weighted by atomic mass is 10.1. The molecule has 152 valence electrons. The highest BCUT2D eigenvalue weighted by Gasteiger charge is 2.38. The summed E-state index contributed by atoms with van der Waals surface area (Å²) in [5, 5.41) is 3.27. The smallest absolute Gasteiger partial charge is 0.228 e. The van der Waals surface area contributed by atoms with E-state index in [4.69, 9.17) is 4.74 Å². The first kappa shape index (κ1) is 19.4. The molecule has 2 aromatic rings. The highest BCUT2D eigenvalue weighted by molar-refractivity contribution is 7.15. The number of carbonyl (C=O) groups is 3. The largest absolute Gasteiger partial charge is 0.497 e. The number of anilines is 2. The number of ether oxygens (including phenoxy) is 1. The van der Waals surface area contributed by atoms with E-state index in [1.807, 2.05) is 12.1 Å². The molecular weight excluding hydrogens is 392 g/mol. The van der Waals surface area contributed by atoms with Gasteiger partial charge in [0, 0.05) is 43.4 Å². The van der Waals surface area contributed by atoms with Crippen LogP contribution in [0, 0.1) is 5.92 Å². The van der Waals surface area contributed by atoms with Crippen LogP contribution in [-0.4, -0.2) is 47.8 Å². The Bertz CT molecular complexity index is 956. The van der Waals surface area contributed by atoms with Crippen molar-refractivity contribution in [2.24, 2.45) is 5.92 Å². The predicted octanol–water partition coefficient (Wildman–Crippen LogP) is 2.05. The number of amides is 3. The normalized spacial score (nSPS) is 18.6. The minimum absolute atomic E-state index is 0.00510. The van der Waals surface area contributed by atoms with Crippen LogP contribution >= 0.6 is 11.3 Å². The summed E-state index contributed by atoms with van der Waals surface area (Å²) in [6.07, 6.45) is 0.869. The second-order valence-electron chi connectivity index (χ2n) is 7.18. The number of benzene rings is 1. The molecule has 0 aliphatic carbocycles. The van der Waals surface area contributed by atoms with Gasteiger partial charge in [0.15, 0.2) is 5.13 Å². The van der Waals surface area contributed by atoms with Gasteiger partial charge < -0.3 is 19.9 Å². The molecule has 0 radical (unpaired) electrons. The second-order valence-corrected chi connectivity index (χ2v) is 8.27. The summed E-state index contributed by atoms with van der Waals surface area (Å²) in [6, 6.07) is 7.27. The third kappa shape index (κ3) is 3.95. The Morgan fingerprint density at radius 2 is 2.03 bits per heavy atom. The van der Waals surface area contributed by atoms with E-state index in [0.717, 1.165) is 22.0 Å². The van der Waals surface area contributed by atoms with Crippen LogP contribution in [0.1, 0.15) is 23.9 Å². The van der Waals surface area contributed by atoms with Crippen LogP contribution in [0.4, 0.5) is 10.8 Å². The fourth-order valence-electron chi connectivity index (χ4n) is 3.73. The second kappa shape index (κ2) is 7.82. The van der Waals surface area contributed by atoms with Crippen LogP contribution in [0.5, 0.6) is 5.75 Å². The highest BCUT2D eigenvalue weighted by Crippen LogP contribution is 2.32. The molecule has 1 aromatic carbocycles. The van der Waals surface area contributed by atoms with E-state index in [1.165, 1.54) is 18.3 Å². The molecule has 0 spiro atoms. The molecule has 1 unspecified atom stereocenters. The summed E-state index contributed by atoms with van der Waals surface area (Å²) in [4.78, 5) is 45.7. The SMILES string of the molecule is COc1ccc(N2CC(C(=O)N3CCc4nc(NC(C)=O)sc4C3)CC2=O)cc1. The summed E-state index contributed by atoms with van der Waals surface area (Å²) in [5.41, 5.74) is 1.71. The quantitative estimate of drug-likeness (QED) is 0.827. The van der Waals surface area contributed by atoms with Gasteiger partial charge in [-0.2, -0.15) is 0 Å². The van der Waals surface area contributed by atoms with Gasteiger partial charge >= 0.3 is 0 Å². The van der Waals surface area contributed by atoms with Crippen molar-refractivity contribution in [2.45, 2.75) is 26.3 Å². The summed E-state index contributed by atoms with van der Waals surface area (Å²) >= 11 is 1.40. The minimum atomic E-state index is -0.353. The first-order chi connectivity index (χ1) is 13.9. The number of nitrogens with one attached hydrogen (secondary N) is 1. The third-order valence-electron chi connectivity index (χ3n) is 5.18. The summed E-state index contributed by atoms with van der Waals surface area (Å²) in [5.74, 6) is 0.160. The topological polar surface area (TPSA) is 91.8 Å². The molecule has 2 aliphatic heterocycles. The molecule has 4 rings (SSSR count). The van der Waals surface area contributed by atoms with E-state index in [-0.39, 0.29) is 30.1 Å². The zero-order valence-corrected chi connectivity index (χ0v) is 17.1. The first-order valence-corrected chi connectivity index (χ1v) is 10.3. The summed E-state index contributed by atoms with van der Waals surface area (Å²) in [7, 11) is 1.59. The summed E-state index contributed by atoms with van der Waals surface area (Å²) in [6.45, 7) is 2.87. The molecule has 29 heavy (non-hydrogen) atoms. The average molecular weight is 414 g/mol. The Balaban J connectivity index is 1.43. The number of thiazole rings is 1. The average Bonchev–Trinajstić information content (AvgIpc) is 3.29. The van der Waals surface area contributed by atoms with Crippen molar-refractivity contribution in [3.63, 3.8) is 0 Å². The molecule has 8 nitrogen and oxygen atoms in total. The number of fused-ring (bicyclic) bond motifs is 1. The highest BCUT2D eigenvalue weighted by atomic mass is 32.1. The molecule has 3 heterocycles. The van der Waals surface area contributed by atoms with Gasteiger partial charge in [0.05, 0.1) is 25.3 Å². The van der Waals surface area contributed by atoms with E-state index in [0.29, 0.717) is 31.2 Å². The van der Waals surface area contributed by atoms with Crippen molar-refractivity contribution in [2.75, 3.05) is 30.4 Å². The fraction of sp³-hybridized carbons (Fsp3) is 0.400. The maximum Gasteiger partial charge on any atom is 0.228 e. The van der Waals surface area contributed by atoms with Crippen LogP contribution < -0.4 is 15.0 Å². The Hall–Kier alpha value is -2.94. The molecule has 9 heteroatoms. The lowest BCUT2D eigenvalue weighted by Gasteiger charge is -2.28. The van der Waals surface area contributed by atoms with Crippen LogP contribution in [0.15, 0.2) is 24.3 Å². The summed E-state index contributed by atoms with van der Waals surface area (Å²) < 4.78 is 5.16. The van der Waals surface area contributed by atoms with Crippen LogP contribution in [-0.2, 0) is 27.3 Å². The minimum Gasteiger partial charge on any atom is -0.497 e. The molecule has 1 atom stereocenters. The lowest BCUT2D eigenvalue weighted by molar-refractivity contribution is -0.136. The molecule has 0 saturated carbocycles. The number of hydrogen-bond donors (Lipinski definition) is 1. The van der Waals surface area contributed by atoms with E-state index in [2.05, 4.69) is 10.3 Å². The molecular formula is C20H22N4O4S. The Kier molecular flexibility index (Phi) is 5.23. The Labute approximate surface area is 172 Å². The molecule has 1 N–H and O–H groups in total. The van der Waals surface area contributed by atoms with Crippen LogP contribution in [0.25, 0.3) is 0 Å². The van der Waals surface area contributed by atoms with Gasteiger partial charge in [0.1, 0.15) is 5.75 Å². The zero-order chi connectivity index (χ0) is 20.5. The number of nitrogens with zero attached hydrogens (tertiary/aromatic N) is 3. The molecule has 1 fully saturated rings. The van der Waals surface area contributed by atoms with Gasteiger partial charge in [-0.15, -0.1) is 0 Å². The van der Waals surface area contributed by atoms with Crippen LogP contribution in [0.2, 0.25) is 0 Å². The lowest BCUT2D eigenvalue weighted by Crippen LogP contribution is -2.40. The number of aromatic nitrogens is 1. The standard InChI is InChI=1S/C20H22N4O4S/c1-12(25)21-20-22-16-7-8-23(11-17(16)29-20)19(27)13-9-18(26)24(10-13)14-3-5-15(28-2)6-4-14/h3-6,13H,7-11H2,1-2H3,(H,21,22,25). The van der Waals surface area contributed by atoms with Gasteiger partial charge in [-0.1, -0.05) is 11.3 Å². The van der Waals surface area contributed by atoms with Crippen molar-refractivity contribution in [1.82, 2.24) is 9.88 Å². The van der Waals surface area contributed by atoms with Gasteiger partial charge in [-0.25, -0.2) is 4.98 Å². The van der Waals surface area contributed by atoms with E-state index < -0.39 is 0 Å². The molecule has 3 amide bonds. The molecule has 2 aliphatic rings. The number of hydrogen-bond acceptors (Lipinski definition) is 6. The maximum atomic E-state index is 13.1. The van der Waals surface area contributed by atoms with Gasteiger partial charge in [0.2, 0.25) is 17.7 Å². The van der Waals surface area contributed by atoms with Crippen molar-refractivity contribution in [3.05, 3.63) is 34.8 Å². The molecule has 0 bridgehead atoms. The fourth-order valence-corrected chi connectivity index (χ4v) is 4.80. The molecule has 1 saturated heterocycles.